The smallest absolute Gasteiger partial charge is 0.220 e. The molecule has 1 aromatic rings. The van der Waals surface area contributed by atoms with Gasteiger partial charge in [-0.05, 0) is 49.4 Å². The molecule has 0 spiro atoms. The molecule has 2 N–H and O–H groups in total. The molecule has 21 heavy (non-hydrogen) atoms. The summed E-state index contributed by atoms with van der Waals surface area (Å²) in [6, 6.07) is 6.66. The second-order valence-electron chi connectivity index (χ2n) is 5.62. The predicted octanol–water partition coefficient (Wildman–Crippen LogP) is 2.86. The van der Waals surface area contributed by atoms with Gasteiger partial charge in [-0.2, -0.15) is 0 Å². The number of carbonyl (C=O) groups excluding carboxylic acids is 1. The maximum atomic E-state index is 13.6. The van der Waals surface area contributed by atoms with Crippen molar-refractivity contribution in [2.45, 2.75) is 32.1 Å². The zero-order chi connectivity index (χ0) is 14.4. The Labute approximate surface area is 132 Å². The summed E-state index contributed by atoms with van der Waals surface area (Å²) < 4.78 is 13.6. The van der Waals surface area contributed by atoms with Gasteiger partial charge in [0.2, 0.25) is 5.91 Å². The van der Waals surface area contributed by atoms with Crippen molar-refractivity contribution < 1.29 is 9.18 Å². The molecule has 0 bridgehead atoms. The van der Waals surface area contributed by atoms with Crippen LogP contribution >= 0.6 is 12.4 Å². The van der Waals surface area contributed by atoms with Crippen LogP contribution in [-0.4, -0.2) is 25.5 Å². The Morgan fingerprint density at radius 3 is 2.90 bits per heavy atom. The number of halogens is 2. The first kappa shape index (κ1) is 17.9. The molecule has 1 aliphatic rings. The van der Waals surface area contributed by atoms with Crippen molar-refractivity contribution >= 4 is 18.3 Å². The molecule has 1 aromatic carbocycles. The summed E-state index contributed by atoms with van der Waals surface area (Å²) in [5.74, 6) is 0.361. The zero-order valence-electron chi connectivity index (χ0n) is 12.4. The fourth-order valence-corrected chi connectivity index (χ4v) is 2.71. The fraction of sp³-hybridized carbons (Fsp3) is 0.562. The topological polar surface area (TPSA) is 41.1 Å². The minimum Gasteiger partial charge on any atom is -0.356 e. The lowest BCUT2D eigenvalue weighted by molar-refractivity contribution is -0.121. The van der Waals surface area contributed by atoms with Crippen molar-refractivity contribution in [1.82, 2.24) is 10.6 Å². The van der Waals surface area contributed by atoms with E-state index in [0.717, 1.165) is 26.1 Å². The standard InChI is InChI=1S/C16H23FN2O.ClH/c1-12(14-4-2-3-5-15(14)17)10-16(20)19-9-7-13-6-8-18-11-13;/h2-5,12-13,18H,6-11H2,1H3,(H,19,20);1H. The van der Waals surface area contributed by atoms with Crippen LogP contribution in [-0.2, 0) is 4.79 Å². The second kappa shape index (κ2) is 9.00. The molecule has 2 rings (SSSR count). The Hall–Kier alpha value is -1.13. The highest BCUT2D eigenvalue weighted by Crippen LogP contribution is 2.21. The van der Waals surface area contributed by atoms with Gasteiger partial charge in [0.25, 0.3) is 0 Å². The lowest BCUT2D eigenvalue weighted by atomic mass is 9.97. The van der Waals surface area contributed by atoms with Crippen LogP contribution in [0, 0.1) is 11.7 Å². The number of benzene rings is 1. The van der Waals surface area contributed by atoms with E-state index in [-0.39, 0.29) is 30.0 Å². The van der Waals surface area contributed by atoms with Crippen LogP contribution in [0.2, 0.25) is 0 Å². The minimum absolute atomic E-state index is 0. The van der Waals surface area contributed by atoms with Gasteiger partial charge in [-0.25, -0.2) is 4.39 Å². The van der Waals surface area contributed by atoms with E-state index in [0.29, 0.717) is 17.9 Å². The number of nitrogens with one attached hydrogen (secondary N) is 2. The molecule has 1 aliphatic heterocycles. The normalized spacial score (nSPS) is 18.9. The molecule has 118 valence electrons. The van der Waals surface area contributed by atoms with Gasteiger partial charge in [-0.1, -0.05) is 25.1 Å². The third-order valence-electron chi connectivity index (χ3n) is 3.96. The van der Waals surface area contributed by atoms with Crippen LogP contribution in [0.1, 0.15) is 37.7 Å². The number of rotatable bonds is 6. The molecule has 0 radical (unpaired) electrons. The van der Waals surface area contributed by atoms with E-state index < -0.39 is 0 Å². The van der Waals surface area contributed by atoms with Crippen molar-refractivity contribution in [3.8, 4) is 0 Å². The molecule has 1 amide bonds. The molecule has 0 aromatic heterocycles. The highest BCUT2D eigenvalue weighted by Gasteiger charge is 2.16. The van der Waals surface area contributed by atoms with Gasteiger partial charge in [0, 0.05) is 13.0 Å². The summed E-state index contributed by atoms with van der Waals surface area (Å²) in [6.07, 6.45) is 2.55. The van der Waals surface area contributed by atoms with E-state index >= 15 is 0 Å². The van der Waals surface area contributed by atoms with Crippen LogP contribution in [0.25, 0.3) is 0 Å². The van der Waals surface area contributed by atoms with Gasteiger partial charge in [0.1, 0.15) is 5.82 Å². The van der Waals surface area contributed by atoms with Crippen LogP contribution < -0.4 is 10.6 Å². The van der Waals surface area contributed by atoms with Crippen molar-refractivity contribution in [2.24, 2.45) is 5.92 Å². The quantitative estimate of drug-likeness (QED) is 0.847. The molecular weight excluding hydrogens is 291 g/mol. The van der Waals surface area contributed by atoms with Crippen LogP contribution in [0.15, 0.2) is 24.3 Å². The van der Waals surface area contributed by atoms with Gasteiger partial charge in [-0.15, -0.1) is 12.4 Å². The van der Waals surface area contributed by atoms with E-state index in [9.17, 15) is 9.18 Å². The Morgan fingerprint density at radius 2 is 2.24 bits per heavy atom. The molecule has 2 atom stereocenters. The van der Waals surface area contributed by atoms with Gasteiger partial charge < -0.3 is 10.6 Å². The SMILES string of the molecule is CC(CC(=O)NCCC1CCNC1)c1ccccc1F.Cl. The van der Waals surface area contributed by atoms with Gasteiger partial charge in [-0.3, -0.25) is 4.79 Å². The third-order valence-corrected chi connectivity index (χ3v) is 3.96. The lowest BCUT2D eigenvalue weighted by Crippen LogP contribution is -2.27. The maximum absolute atomic E-state index is 13.6. The number of hydrogen-bond donors (Lipinski definition) is 2. The summed E-state index contributed by atoms with van der Waals surface area (Å²) in [7, 11) is 0. The van der Waals surface area contributed by atoms with Gasteiger partial charge in [0.15, 0.2) is 0 Å². The van der Waals surface area contributed by atoms with E-state index in [1.165, 1.54) is 12.5 Å². The average molecular weight is 315 g/mol. The molecule has 0 aliphatic carbocycles. The summed E-state index contributed by atoms with van der Waals surface area (Å²) in [6.45, 7) is 4.75. The van der Waals surface area contributed by atoms with Gasteiger partial charge in [0.05, 0.1) is 0 Å². The van der Waals surface area contributed by atoms with E-state index in [1.807, 2.05) is 6.92 Å². The molecule has 0 saturated carbocycles. The Bertz CT molecular complexity index is 450. The Kier molecular flexibility index (Phi) is 7.68. The Morgan fingerprint density at radius 1 is 1.48 bits per heavy atom. The van der Waals surface area contributed by atoms with Crippen molar-refractivity contribution in [1.29, 1.82) is 0 Å². The fourth-order valence-electron chi connectivity index (χ4n) is 2.71. The second-order valence-corrected chi connectivity index (χ2v) is 5.62. The molecule has 1 saturated heterocycles. The number of amides is 1. The summed E-state index contributed by atoms with van der Waals surface area (Å²) >= 11 is 0. The van der Waals surface area contributed by atoms with Gasteiger partial charge >= 0.3 is 0 Å². The molecule has 3 nitrogen and oxygen atoms in total. The highest BCUT2D eigenvalue weighted by molar-refractivity contribution is 5.85. The zero-order valence-corrected chi connectivity index (χ0v) is 13.2. The van der Waals surface area contributed by atoms with E-state index in [4.69, 9.17) is 0 Å². The summed E-state index contributed by atoms with van der Waals surface area (Å²) in [5, 5.41) is 6.26. The number of hydrogen-bond acceptors (Lipinski definition) is 2. The van der Waals surface area contributed by atoms with E-state index in [2.05, 4.69) is 10.6 Å². The molecular formula is C16H24ClFN2O. The third kappa shape index (κ3) is 5.64. The highest BCUT2D eigenvalue weighted by atomic mass is 35.5. The largest absolute Gasteiger partial charge is 0.356 e. The summed E-state index contributed by atoms with van der Waals surface area (Å²) in [4.78, 5) is 11.9. The molecule has 1 heterocycles. The Balaban J connectivity index is 0.00000220. The first-order valence-electron chi connectivity index (χ1n) is 7.38. The van der Waals surface area contributed by atoms with E-state index in [1.54, 1.807) is 18.2 Å². The van der Waals surface area contributed by atoms with Crippen molar-refractivity contribution in [3.05, 3.63) is 35.6 Å². The predicted molar refractivity (Wildman–Crippen MR) is 85.3 cm³/mol. The van der Waals surface area contributed by atoms with Crippen molar-refractivity contribution in [3.63, 3.8) is 0 Å². The van der Waals surface area contributed by atoms with Crippen LogP contribution in [0.3, 0.4) is 0 Å². The summed E-state index contributed by atoms with van der Waals surface area (Å²) in [5.41, 5.74) is 0.614. The maximum Gasteiger partial charge on any atom is 0.220 e. The molecule has 2 unspecified atom stereocenters. The first-order valence-corrected chi connectivity index (χ1v) is 7.38. The molecule has 1 fully saturated rings. The molecule has 5 heteroatoms. The van der Waals surface area contributed by atoms with Crippen LogP contribution in [0.5, 0.6) is 0 Å². The average Bonchev–Trinajstić information content (AvgIpc) is 2.92. The monoisotopic (exact) mass is 314 g/mol. The van der Waals surface area contributed by atoms with Crippen LogP contribution in [0.4, 0.5) is 4.39 Å². The van der Waals surface area contributed by atoms with Crippen molar-refractivity contribution in [2.75, 3.05) is 19.6 Å². The number of carbonyl (C=O) groups is 1. The minimum atomic E-state index is -0.232. The first-order chi connectivity index (χ1) is 9.66. The lowest BCUT2D eigenvalue weighted by Gasteiger charge is -2.14.